The summed E-state index contributed by atoms with van der Waals surface area (Å²) >= 11 is 1.50. The summed E-state index contributed by atoms with van der Waals surface area (Å²) in [4.78, 5) is 5.14. The van der Waals surface area contributed by atoms with E-state index < -0.39 is 16.3 Å². The van der Waals surface area contributed by atoms with Gasteiger partial charge in [-0.3, -0.25) is 0 Å². The zero-order chi connectivity index (χ0) is 34.3. The predicted octanol–water partition coefficient (Wildman–Crippen LogP) is 8.32. The Kier molecular flexibility index (Phi) is 10.6. The van der Waals surface area contributed by atoms with Gasteiger partial charge >= 0.3 is 0 Å². The fraction of sp³-hybridized carbons (Fsp3) is 0.175. The normalized spacial score (nSPS) is 17.8. The molecule has 8 nitrogen and oxygen atoms in total. The number of nitrogens with zero attached hydrogens (tertiary/aromatic N) is 1. The molecular formula is C40H36N2O6S2. The maximum absolute atomic E-state index is 12.7. The van der Waals surface area contributed by atoms with Crippen molar-refractivity contribution in [2.45, 2.75) is 48.2 Å². The van der Waals surface area contributed by atoms with Crippen LogP contribution in [0.4, 0.5) is 0 Å². The molecule has 0 bridgehead atoms. The summed E-state index contributed by atoms with van der Waals surface area (Å²) in [6.07, 6.45) is -0.505. The quantitative estimate of drug-likeness (QED) is 0.122. The summed E-state index contributed by atoms with van der Waals surface area (Å²) in [6.45, 7) is 0.117. The smallest absolute Gasteiger partial charge is 0.256 e. The molecule has 0 saturated carbocycles. The van der Waals surface area contributed by atoms with E-state index in [1.54, 1.807) is 30.3 Å². The van der Waals surface area contributed by atoms with Crippen LogP contribution in [-0.4, -0.2) is 30.4 Å². The predicted molar refractivity (Wildman–Crippen MR) is 193 cm³/mol. The fourth-order valence-corrected chi connectivity index (χ4v) is 7.66. The number of nitrogens with one attached hydrogen (secondary N) is 1. The van der Waals surface area contributed by atoms with Gasteiger partial charge in [0.25, 0.3) is 5.22 Å². The minimum absolute atomic E-state index is 0.0310. The van der Waals surface area contributed by atoms with Gasteiger partial charge in [-0.25, -0.2) is 18.1 Å². The standard InChI is InChI=1S/C40H36N2O6S2/c43-26-29-18-20-30(21-19-29)36-24-34(27-49-40-42-37(31-10-4-1-5-11-31)38(48-40)32-12-6-2-7-13-32)46-39(47-36)33-22-16-28(17-23-33)25-41-50(44,45)35-14-8-3-9-15-35/h1-23,34,36,39,41,43H,24-27H2. The van der Waals surface area contributed by atoms with Crippen LogP contribution < -0.4 is 4.72 Å². The van der Waals surface area contributed by atoms with Crippen molar-refractivity contribution < 1.29 is 27.4 Å². The Morgan fingerprint density at radius 3 is 1.98 bits per heavy atom. The Morgan fingerprint density at radius 1 is 0.720 bits per heavy atom. The summed E-state index contributed by atoms with van der Waals surface area (Å²) in [5, 5.41) is 10.1. The topological polar surface area (TPSA) is 111 Å². The molecule has 1 saturated heterocycles. The Labute approximate surface area is 296 Å². The van der Waals surface area contributed by atoms with Crippen molar-refractivity contribution in [3.8, 4) is 22.6 Å². The van der Waals surface area contributed by atoms with Crippen molar-refractivity contribution in [1.82, 2.24) is 9.71 Å². The van der Waals surface area contributed by atoms with E-state index in [4.69, 9.17) is 18.9 Å². The molecule has 1 aromatic heterocycles. The molecule has 1 fully saturated rings. The number of oxazole rings is 1. The van der Waals surface area contributed by atoms with E-state index in [2.05, 4.69) is 4.72 Å². The van der Waals surface area contributed by atoms with Gasteiger partial charge in [0, 0.05) is 35.4 Å². The molecule has 0 spiro atoms. The Bertz CT molecular complexity index is 2030. The summed E-state index contributed by atoms with van der Waals surface area (Å²) in [5.74, 6) is 1.30. The van der Waals surface area contributed by atoms with Crippen molar-refractivity contribution in [3.05, 3.63) is 162 Å². The third-order valence-electron chi connectivity index (χ3n) is 8.47. The second-order valence-electron chi connectivity index (χ2n) is 11.9. The van der Waals surface area contributed by atoms with Crippen LogP contribution in [0, 0.1) is 0 Å². The SMILES string of the molecule is O=S(=O)(NCc1ccc(C2OC(CSc3nc(-c4ccccc4)c(-c4ccccc4)o3)CC(c3ccc(CO)cc3)O2)cc1)c1ccccc1. The molecular weight excluding hydrogens is 669 g/mol. The van der Waals surface area contributed by atoms with Crippen LogP contribution in [0.25, 0.3) is 22.6 Å². The molecule has 2 heterocycles. The summed E-state index contributed by atoms with van der Waals surface area (Å²) in [7, 11) is -3.63. The molecule has 254 valence electrons. The molecule has 10 heteroatoms. The van der Waals surface area contributed by atoms with Crippen LogP contribution in [-0.2, 0) is 32.6 Å². The van der Waals surface area contributed by atoms with E-state index in [0.717, 1.165) is 44.8 Å². The average molecular weight is 705 g/mol. The first kappa shape index (κ1) is 33.9. The van der Waals surface area contributed by atoms with Crippen molar-refractivity contribution in [1.29, 1.82) is 0 Å². The lowest BCUT2D eigenvalue weighted by atomic mass is 10.0. The second kappa shape index (κ2) is 15.6. The van der Waals surface area contributed by atoms with E-state index in [1.165, 1.54) is 11.8 Å². The first-order chi connectivity index (χ1) is 24.4. The Hall–Kier alpha value is -4.55. The number of hydrogen-bond donors (Lipinski definition) is 2. The number of thioether (sulfide) groups is 1. The van der Waals surface area contributed by atoms with Crippen LogP contribution in [0.2, 0.25) is 0 Å². The number of aromatic nitrogens is 1. The van der Waals surface area contributed by atoms with Crippen LogP contribution in [0.1, 0.15) is 41.1 Å². The zero-order valence-corrected chi connectivity index (χ0v) is 28.7. The highest BCUT2D eigenvalue weighted by Gasteiger charge is 2.33. The molecule has 3 unspecified atom stereocenters. The zero-order valence-electron chi connectivity index (χ0n) is 27.1. The van der Waals surface area contributed by atoms with E-state index >= 15 is 0 Å². The monoisotopic (exact) mass is 704 g/mol. The minimum Gasteiger partial charge on any atom is -0.431 e. The van der Waals surface area contributed by atoms with Crippen molar-refractivity contribution in [2.75, 3.05) is 5.75 Å². The van der Waals surface area contributed by atoms with E-state index in [-0.39, 0.29) is 30.3 Å². The van der Waals surface area contributed by atoms with E-state index in [0.29, 0.717) is 17.4 Å². The molecule has 1 aliphatic heterocycles. The van der Waals surface area contributed by atoms with Crippen molar-refractivity contribution in [3.63, 3.8) is 0 Å². The largest absolute Gasteiger partial charge is 0.431 e. The molecule has 1 aliphatic rings. The van der Waals surface area contributed by atoms with Crippen LogP contribution >= 0.6 is 11.8 Å². The maximum Gasteiger partial charge on any atom is 0.256 e. The Balaban J connectivity index is 1.09. The summed E-state index contributed by atoms with van der Waals surface area (Å²) < 4.78 is 47.5. The highest BCUT2D eigenvalue weighted by atomic mass is 32.2. The van der Waals surface area contributed by atoms with Crippen molar-refractivity contribution in [2.24, 2.45) is 0 Å². The van der Waals surface area contributed by atoms with Gasteiger partial charge in [-0.2, -0.15) is 0 Å². The number of rotatable bonds is 12. The number of aliphatic hydroxyl groups excluding tert-OH is 1. The van der Waals surface area contributed by atoms with Crippen LogP contribution in [0.15, 0.2) is 154 Å². The highest BCUT2D eigenvalue weighted by molar-refractivity contribution is 7.99. The lowest BCUT2D eigenvalue weighted by molar-refractivity contribution is -0.245. The number of aliphatic hydroxyl groups is 1. The van der Waals surface area contributed by atoms with Gasteiger partial charge in [0.15, 0.2) is 12.1 Å². The van der Waals surface area contributed by atoms with Gasteiger partial charge in [-0.05, 0) is 28.8 Å². The van der Waals surface area contributed by atoms with Gasteiger partial charge < -0.3 is 19.0 Å². The molecule has 2 N–H and O–H groups in total. The highest BCUT2D eigenvalue weighted by Crippen LogP contribution is 2.41. The molecule has 3 atom stereocenters. The van der Waals surface area contributed by atoms with Gasteiger partial charge in [-0.15, -0.1) is 0 Å². The third kappa shape index (κ3) is 8.08. The Morgan fingerprint density at radius 2 is 1.32 bits per heavy atom. The van der Waals surface area contributed by atoms with Gasteiger partial charge in [-0.1, -0.05) is 139 Å². The molecule has 7 rings (SSSR count). The molecule has 6 aromatic rings. The minimum atomic E-state index is -3.63. The molecule has 0 radical (unpaired) electrons. The number of ether oxygens (including phenoxy) is 2. The first-order valence-electron chi connectivity index (χ1n) is 16.3. The molecule has 0 aliphatic carbocycles. The molecule has 5 aromatic carbocycles. The second-order valence-corrected chi connectivity index (χ2v) is 14.7. The van der Waals surface area contributed by atoms with Gasteiger partial charge in [0.2, 0.25) is 10.0 Å². The lowest BCUT2D eigenvalue weighted by Crippen LogP contribution is -2.31. The fourth-order valence-electron chi connectivity index (χ4n) is 5.78. The van der Waals surface area contributed by atoms with Crippen molar-refractivity contribution >= 4 is 21.8 Å². The number of hydrogen-bond acceptors (Lipinski definition) is 8. The number of benzene rings is 5. The molecule has 50 heavy (non-hydrogen) atoms. The summed E-state index contributed by atoms with van der Waals surface area (Å²) in [5.41, 5.74) is 6.17. The van der Waals surface area contributed by atoms with Crippen LogP contribution in [0.3, 0.4) is 0 Å². The maximum atomic E-state index is 12.7. The third-order valence-corrected chi connectivity index (χ3v) is 10.8. The first-order valence-corrected chi connectivity index (χ1v) is 18.8. The molecule has 0 amide bonds. The number of sulfonamides is 1. The lowest BCUT2D eigenvalue weighted by Gasteiger charge is -2.36. The van der Waals surface area contributed by atoms with E-state index in [1.807, 2.05) is 109 Å². The van der Waals surface area contributed by atoms with E-state index in [9.17, 15) is 13.5 Å². The van der Waals surface area contributed by atoms with Gasteiger partial charge in [0.05, 0.1) is 23.7 Å². The van der Waals surface area contributed by atoms with Crippen LogP contribution in [0.5, 0.6) is 0 Å². The summed E-state index contributed by atoms with van der Waals surface area (Å²) in [6, 6.07) is 43.7. The average Bonchev–Trinajstić information content (AvgIpc) is 3.62. The van der Waals surface area contributed by atoms with Gasteiger partial charge in [0.1, 0.15) is 5.69 Å².